The van der Waals surface area contributed by atoms with Gasteiger partial charge in [0.05, 0.1) is 11.2 Å². The van der Waals surface area contributed by atoms with Gasteiger partial charge in [0.1, 0.15) is 0 Å². The monoisotopic (exact) mass is 333 g/mol. The summed E-state index contributed by atoms with van der Waals surface area (Å²) in [7, 11) is 0. The van der Waals surface area contributed by atoms with Crippen molar-refractivity contribution in [2.24, 2.45) is 0 Å². The molecule has 0 atom stereocenters. The normalized spacial score (nSPS) is 11.1. The summed E-state index contributed by atoms with van der Waals surface area (Å²) in [5.74, 6) is 0. The highest BCUT2D eigenvalue weighted by atomic mass is 79.9. The number of benzene rings is 3. The minimum atomic E-state index is 1.02. The molecule has 2 heteroatoms. The van der Waals surface area contributed by atoms with E-state index >= 15 is 0 Å². The Morgan fingerprint density at radius 2 is 1.38 bits per heavy atom. The average Bonchev–Trinajstić information content (AvgIpc) is 2.55. The van der Waals surface area contributed by atoms with Crippen molar-refractivity contribution in [3.8, 4) is 11.3 Å². The minimum Gasteiger partial charge on any atom is -0.247 e. The van der Waals surface area contributed by atoms with Crippen LogP contribution in [0.3, 0.4) is 0 Å². The molecule has 0 fully saturated rings. The molecule has 0 unspecified atom stereocenters. The van der Waals surface area contributed by atoms with E-state index in [1.807, 2.05) is 12.1 Å². The van der Waals surface area contributed by atoms with Crippen LogP contribution in [0, 0.1) is 0 Å². The molecule has 0 radical (unpaired) electrons. The standard InChI is InChI=1S/C19H12BrN/c20-14-10-11-18-17(12-14)15-8-4-5-9-16(15)19(21-18)13-6-2-1-3-7-13/h1-12H. The third-order valence-corrected chi connectivity index (χ3v) is 4.20. The van der Waals surface area contributed by atoms with Gasteiger partial charge in [0.2, 0.25) is 0 Å². The van der Waals surface area contributed by atoms with Crippen LogP contribution in [0.5, 0.6) is 0 Å². The zero-order valence-electron chi connectivity index (χ0n) is 11.3. The molecule has 0 N–H and O–H groups in total. The quantitative estimate of drug-likeness (QED) is 0.400. The first-order valence-corrected chi connectivity index (χ1v) is 7.66. The molecule has 0 saturated carbocycles. The minimum absolute atomic E-state index is 1.02. The highest BCUT2D eigenvalue weighted by molar-refractivity contribution is 9.10. The molecule has 100 valence electrons. The molecule has 4 rings (SSSR count). The smallest absolute Gasteiger partial charge is 0.0788 e. The van der Waals surface area contributed by atoms with E-state index in [2.05, 4.69) is 76.6 Å². The summed E-state index contributed by atoms with van der Waals surface area (Å²) in [6.07, 6.45) is 0. The number of fused-ring (bicyclic) bond motifs is 3. The van der Waals surface area contributed by atoms with E-state index < -0.39 is 0 Å². The first-order valence-electron chi connectivity index (χ1n) is 6.86. The van der Waals surface area contributed by atoms with E-state index in [4.69, 9.17) is 4.98 Å². The third kappa shape index (κ3) is 2.12. The lowest BCUT2D eigenvalue weighted by Gasteiger charge is -2.10. The lowest BCUT2D eigenvalue weighted by molar-refractivity contribution is 1.42. The van der Waals surface area contributed by atoms with Crippen LogP contribution in [0.25, 0.3) is 32.9 Å². The van der Waals surface area contributed by atoms with Crippen molar-refractivity contribution >= 4 is 37.6 Å². The SMILES string of the molecule is Brc1ccc2nc(-c3ccccc3)c3ccccc3c2c1. The zero-order chi connectivity index (χ0) is 14.2. The van der Waals surface area contributed by atoms with Gasteiger partial charge in [-0.05, 0) is 23.6 Å². The van der Waals surface area contributed by atoms with Gasteiger partial charge in [-0.1, -0.05) is 70.5 Å². The van der Waals surface area contributed by atoms with Crippen molar-refractivity contribution in [3.63, 3.8) is 0 Å². The maximum Gasteiger partial charge on any atom is 0.0788 e. The molecular formula is C19H12BrN. The molecule has 3 aromatic carbocycles. The number of pyridine rings is 1. The number of hydrogen-bond acceptors (Lipinski definition) is 1. The molecule has 0 amide bonds. The van der Waals surface area contributed by atoms with E-state index in [-0.39, 0.29) is 0 Å². The number of hydrogen-bond donors (Lipinski definition) is 0. The fourth-order valence-electron chi connectivity index (χ4n) is 2.74. The lowest BCUT2D eigenvalue weighted by Crippen LogP contribution is -1.89. The fourth-order valence-corrected chi connectivity index (χ4v) is 3.10. The third-order valence-electron chi connectivity index (χ3n) is 3.71. The maximum atomic E-state index is 4.89. The number of aromatic nitrogens is 1. The van der Waals surface area contributed by atoms with E-state index in [1.54, 1.807) is 0 Å². The Kier molecular flexibility index (Phi) is 2.97. The largest absolute Gasteiger partial charge is 0.247 e. The Hall–Kier alpha value is -2.19. The van der Waals surface area contributed by atoms with Gasteiger partial charge >= 0.3 is 0 Å². The van der Waals surface area contributed by atoms with Crippen molar-refractivity contribution in [2.75, 3.05) is 0 Å². The number of nitrogens with zero attached hydrogens (tertiary/aromatic N) is 1. The summed E-state index contributed by atoms with van der Waals surface area (Å²) >= 11 is 3.55. The highest BCUT2D eigenvalue weighted by Gasteiger charge is 2.09. The molecule has 1 heterocycles. The molecular weight excluding hydrogens is 322 g/mol. The second-order valence-electron chi connectivity index (χ2n) is 5.03. The van der Waals surface area contributed by atoms with Gasteiger partial charge in [0.15, 0.2) is 0 Å². The summed E-state index contributed by atoms with van der Waals surface area (Å²) in [4.78, 5) is 4.89. The van der Waals surface area contributed by atoms with E-state index in [0.717, 1.165) is 21.2 Å². The Bertz CT molecular complexity index is 945. The molecule has 21 heavy (non-hydrogen) atoms. The van der Waals surface area contributed by atoms with Crippen molar-refractivity contribution in [1.82, 2.24) is 4.98 Å². The van der Waals surface area contributed by atoms with Crippen LogP contribution >= 0.6 is 15.9 Å². The molecule has 0 aliphatic heterocycles. The zero-order valence-corrected chi connectivity index (χ0v) is 12.8. The predicted molar refractivity (Wildman–Crippen MR) is 92.4 cm³/mol. The topological polar surface area (TPSA) is 12.9 Å². The summed E-state index contributed by atoms with van der Waals surface area (Å²) in [5, 5.41) is 3.61. The Balaban J connectivity index is 2.18. The van der Waals surface area contributed by atoms with Gasteiger partial charge < -0.3 is 0 Å². The number of rotatable bonds is 1. The molecule has 1 nitrogen and oxygen atoms in total. The van der Waals surface area contributed by atoms with Crippen molar-refractivity contribution < 1.29 is 0 Å². The second-order valence-corrected chi connectivity index (χ2v) is 5.95. The number of halogens is 1. The van der Waals surface area contributed by atoms with Crippen molar-refractivity contribution in [3.05, 3.63) is 77.3 Å². The van der Waals surface area contributed by atoms with Crippen molar-refractivity contribution in [1.29, 1.82) is 0 Å². The van der Waals surface area contributed by atoms with E-state index in [1.165, 1.54) is 16.2 Å². The predicted octanol–water partition coefficient (Wildman–Crippen LogP) is 5.82. The highest BCUT2D eigenvalue weighted by Crippen LogP contribution is 2.33. The van der Waals surface area contributed by atoms with Gasteiger partial charge in [-0.25, -0.2) is 4.98 Å². The Morgan fingerprint density at radius 1 is 0.667 bits per heavy atom. The Morgan fingerprint density at radius 3 is 2.19 bits per heavy atom. The van der Waals surface area contributed by atoms with Gasteiger partial charge in [0, 0.05) is 20.8 Å². The molecule has 0 spiro atoms. The van der Waals surface area contributed by atoms with Crippen LogP contribution < -0.4 is 0 Å². The van der Waals surface area contributed by atoms with Crippen LogP contribution in [0.2, 0.25) is 0 Å². The second kappa shape index (κ2) is 4.97. The first kappa shape index (κ1) is 12.5. The van der Waals surface area contributed by atoms with Gasteiger partial charge in [-0.2, -0.15) is 0 Å². The molecule has 0 aliphatic rings. The van der Waals surface area contributed by atoms with Crippen LogP contribution in [0.1, 0.15) is 0 Å². The maximum absolute atomic E-state index is 4.89. The van der Waals surface area contributed by atoms with Crippen molar-refractivity contribution in [2.45, 2.75) is 0 Å². The molecule has 0 bridgehead atoms. The van der Waals surface area contributed by atoms with E-state index in [0.29, 0.717) is 0 Å². The summed E-state index contributed by atoms with van der Waals surface area (Å²) in [6, 6.07) is 25.1. The summed E-state index contributed by atoms with van der Waals surface area (Å²) in [5.41, 5.74) is 3.22. The lowest BCUT2D eigenvalue weighted by atomic mass is 10.0. The first-order chi connectivity index (χ1) is 10.3. The van der Waals surface area contributed by atoms with Crippen LogP contribution in [-0.4, -0.2) is 4.98 Å². The molecule has 0 aliphatic carbocycles. The average molecular weight is 334 g/mol. The summed E-state index contributed by atoms with van der Waals surface area (Å²) < 4.78 is 1.08. The van der Waals surface area contributed by atoms with Crippen LogP contribution in [0.15, 0.2) is 77.3 Å². The van der Waals surface area contributed by atoms with Gasteiger partial charge in [0.25, 0.3) is 0 Å². The van der Waals surface area contributed by atoms with E-state index in [9.17, 15) is 0 Å². The van der Waals surface area contributed by atoms with Crippen LogP contribution in [-0.2, 0) is 0 Å². The van der Waals surface area contributed by atoms with Crippen LogP contribution in [0.4, 0.5) is 0 Å². The Labute approximate surface area is 131 Å². The fraction of sp³-hybridized carbons (Fsp3) is 0. The summed E-state index contributed by atoms with van der Waals surface area (Å²) in [6.45, 7) is 0. The molecule has 4 aromatic rings. The molecule has 0 saturated heterocycles. The molecule has 1 aromatic heterocycles. The van der Waals surface area contributed by atoms with Gasteiger partial charge in [-0.15, -0.1) is 0 Å². The van der Waals surface area contributed by atoms with Gasteiger partial charge in [-0.3, -0.25) is 0 Å².